The van der Waals surface area contributed by atoms with Gasteiger partial charge in [-0.3, -0.25) is 9.59 Å². The molecular weight excluding hydrogens is 359 g/mol. The van der Waals surface area contributed by atoms with Crippen molar-refractivity contribution < 1.29 is 4.79 Å². The van der Waals surface area contributed by atoms with Crippen molar-refractivity contribution in [2.24, 2.45) is 0 Å². The summed E-state index contributed by atoms with van der Waals surface area (Å²) in [5.74, 6) is -0.485. The van der Waals surface area contributed by atoms with E-state index < -0.39 is 5.91 Å². The summed E-state index contributed by atoms with van der Waals surface area (Å²) in [5, 5.41) is 3.75. The topological polar surface area (TPSA) is 51.1 Å². The second kappa shape index (κ2) is 7.55. The molecule has 0 aliphatic heterocycles. The Balaban J connectivity index is 1.87. The molecule has 1 amide bonds. The molecule has 0 spiro atoms. The highest BCUT2D eigenvalue weighted by Crippen LogP contribution is 2.17. The van der Waals surface area contributed by atoms with E-state index in [1.165, 1.54) is 10.6 Å². The largest absolute Gasteiger partial charge is 0.322 e. The first-order chi connectivity index (χ1) is 12.0. The molecule has 0 atom stereocenters. The Morgan fingerprint density at radius 1 is 1.00 bits per heavy atom. The van der Waals surface area contributed by atoms with E-state index in [0.29, 0.717) is 15.7 Å². The standard InChI is InChI=1S/C19H14Cl2N2O2/c20-14-6-3-7-15(11-14)22-18(24)16-8-4-10-23(19(16)25)12-13-5-1-2-9-17(13)21/h1-11H,12H2,(H,22,24). The first-order valence-corrected chi connectivity index (χ1v) is 8.30. The van der Waals surface area contributed by atoms with Crippen LogP contribution in [0.1, 0.15) is 15.9 Å². The molecule has 25 heavy (non-hydrogen) atoms. The van der Waals surface area contributed by atoms with Crippen molar-refractivity contribution in [3.63, 3.8) is 0 Å². The molecule has 4 nitrogen and oxygen atoms in total. The summed E-state index contributed by atoms with van der Waals surface area (Å²) in [6.07, 6.45) is 1.63. The third kappa shape index (κ3) is 4.10. The smallest absolute Gasteiger partial charge is 0.263 e. The number of carbonyl (C=O) groups is 1. The lowest BCUT2D eigenvalue weighted by Gasteiger charge is -2.10. The predicted octanol–water partition coefficient (Wildman–Crippen LogP) is 4.46. The molecule has 0 fully saturated rings. The van der Waals surface area contributed by atoms with Crippen molar-refractivity contribution in [2.75, 3.05) is 5.32 Å². The Labute approximate surface area is 154 Å². The summed E-state index contributed by atoms with van der Waals surface area (Å²) in [6, 6.07) is 17.2. The van der Waals surface area contributed by atoms with Gasteiger partial charge < -0.3 is 9.88 Å². The van der Waals surface area contributed by atoms with Gasteiger partial charge in [0.1, 0.15) is 5.56 Å². The molecule has 0 saturated heterocycles. The number of nitrogens with one attached hydrogen (secondary N) is 1. The van der Waals surface area contributed by atoms with Gasteiger partial charge in [-0.25, -0.2) is 0 Å². The van der Waals surface area contributed by atoms with Gasteiger partial charge in [0.2, 0.25) is 0 Å². The molecule has 1 N–H and O–H groups in total. The summed E-state index contributed by atoms with van der Waals surface area (Å²) in [7, 11) is 0. The van der Waals surface area contributed by atoms with Crippen LogP contribution in [0.3, 0.4) is 0 Å². The second-order valence-corrected chi connectivity index (χ2v) is 6.25. The first kappa shape index (κ1) is 17.3. The molecule has 1 aromatic heterocycles. The lowest BCUT2D eigenvalue weighted by atomic mass is 10.2. The fourth-order valence-electron chi connectivity index (χ4n) is 2.41. The van der Waals surface area contributed by atoms with E-state index in [4.69, 9.17) is 23.2 Å². The Hall–Kier alpha value is -2.56. The van der Waals surface area contributed by atoms with Crippen molar-refractivity contribution >= 4 is 34.8 Å². The van der Waals surface area contributed by atoms with Crippen LogP contribution in [0.4, 0.5) is 5.69 Å². The maximum atomic E-state index is 12.6. The predicted molar refractivity (Wildman–Crippen MR) is 101 cm³/mol. The van der Waals surface area contributed by atoms with Gasteiger partial charge in [-0.15, -0.1) is 0 Å². The Bertz CT molecular complexity index is 983. The number of halogens is 2. The monoisotopic (exact) mass is 372 g/mol. The van der Waals surface area contributed by atoms with Crippen LogP contribution in [0.2, 0.25) is 10.0 Å². The van der Waals surface area contributed by atoms with Gasteiger partial charge in [0.25, 0.3) is 11.5 Å². The number of rotatable bonds is 4. The fraction of sp³-hybridized carbons (Fsp3) is 0.0526. The average molecular weight is 373 g/mol. The molecule has 3 aromatic rings. The summed E-state index contributed by atoms with van der Waals surface area (Å²) >= 11 is 12.1. The number of pyridine rings is 1. The van der Waals surface area contributed by atoms with Crippen molar-refractivity contribution in [1.82, 2.24) is 4.57 Å². The van der Waals surface area contributed by atoms with Crippen LogP contribution in [0.15, 0.2) is 71.7 Å². The number of hydrogen-bond donors (Lipinski definition) is 1. The van der Waals surface area contributed by atoms with Gasteiger partial charge in [-0.2, -0.15) is 0 Å². The first-order valence-electron chi connectivity index (χ1n) is 7.54. The van der Waals surface area contributed by atoms with Crippen LogP contribution in [0.5, 0.6) is 0 Å². The summed E-state index contributed by atoms with van der Waals surface area (Å²) in [4.78, 5) is 25.0. The maximum Gasteiger partial charge on any atom is 0.263 e. The second-order valence-electron chi connectivity index (χ2n) is 5.41. The van der Waals surface area contributed by atoms with Crippen molar-refractivity contribution in [1.29, 1.82) is 0 Å². The quantitative estimate of drug-likeness (QED) is 0.734. The van der Waals surface area contributed by atoms with Crippen molar-refractivity contribution in [2.45, 2.75) is 6.54 Å². The molecular formula is C19H14Cl2N2O2. The van der Waals surface area contributed by atoms with Gasteiger partial charge in [-0.1, -0.05) is 47.5 Å². The minimum Gasteiger partial charge on any atom is -0.322 e. The number of anilines is 1. The van der Waals surface area contributed by atoms with E-state index in [9.17, 15) is 9.59 Å². The molecule has 6 heteroatoms. The van der Waals surface area contributed by atoms with Gasteiger partial charge in [-0.05, 0) is 42.0 Å². The fourth-order valence-corrected chi connectivity index (χ4v) is 2.79. The molecule has 0 unspecified atom stereocenters. The van der Waals surface area contributed by atoms with E-state index in [1.54, 1.807) is 42.6 Å². The molecule has 126 valence electrons. The van der Waals surface area contributed by atoms with Gasteiger partial charge >= 0.3 is 0 Å². The van der Waals surface area contributed by atoms with Crippen molar-refractivity contribution in [3.05, 3.63) is 98.4 Å². The third-order valence-corrected chi connectivity index (χ3v) is 4.25. The Kier molecular flexibility index (Phi) is 5.22. The molecule has 0 aliphatic rings. The van der Waals surface area contributed by atoms with E-state index in [0.717, 1.165) is 5.56 Å². The zero-order chi connectivity index (χ0) is 17.8. The van der Waals surface area contributed by atoms with Crippen LogP contribution < -0.4 is 10.9 Å². The Morgan fingerprint density at radius 3 is 2.56 bits per heavy atom. The summed E-state index contributed by atoms with van der Waals surface area (Å²) < 4.78 is 1.45. The van der Waals surface area contributed by atoms with E-state index >= 15 is 0 Å². The number of carbonyl (C=O) groups excluding carboxylic acids is 1. The van der Waals surface area contributed by atoms with Crippen LogP contribution in [0.25, 0.3) is 0 Å². The number of hydrogen-bond acceptors (Lipinski definition) is 2. The Morgan fingerprint density at radius 2 is 1.80 bits per heavy atom. The molecule has 0 saturated carbocycles. The zero-order valence-corrected chi connectivity index (χ0v) is 14.6. The molecule has 0 bridgehead atoms. The van der Waals surface area contributed by atoms with E-state index in [-0.39, 0.29) is 17.7 Å². The molecule has 2 aromatic carbocycles. The van der Waals surface area contributed by atoms with Crippen LogP contribution >= 0.6 is 23.2 Å². The van der Waals surface area contributed by atoms with Crippen LogP contribution in [-0.4, -0.2) is 10.5 Å². The van der Waals surface area contributed by atoms with E-state index in [1.807, 2.05) is 18.2 Å². The van der Waals surface area contributed by atoms with Crippen LogP contribution in [0, 0.1) is 0 Å². The number of aromatic nitrogens is 1. The van der Waals surface area contributed by atoms with Crippen molar-refractivity contribution in [3.8, 4) is 0 Å². The lowest BCUT2D eigenvalue weighted by Crippen LogP contribution is -2.29. The molecule has 3 rings (SSSR count). The minimum absolute atomic E-state index is 0.0505. The van der Waals surface area contributed by atoms with Crippen LogP contribution in [-0.2, 0) is 6.54 Å². The number of nitrogens with zero attached hydrogens (tertiary/aromatic N) is 1. The molecule has 1 heterocycles. The highest BCUT2D eigenvalue weighted by molar-refractivity contribution is 6.31. The normalized spacial score (nSPS) is 10.5. The van der Waals surface area contributed by atoms with Gasteiger partial charge in [0.05, 0.1) is 6.54 Å². The number of benzene rings is 2. The highest BCUT2D eigenvalue weighted by atomic mass is 35.5. The number of amides is 1. The minimum atomic E-state index is -0.485. The molecule has 0 aliphatic carbocycles. The maximum absolute atomic E-state index is 12.6. The summed E-state index contributed by atoms with van der Waals surface area (Å²) in [5.41, 5.74) is 0.994. The average Bonchev–Trinajstić information content (AvgIpc) is 2.58. The zero-order valence-electron chi connectivity index (χ0n) is 13.1. The van der Waals surface area contributed by atoms with Gasteiger partial charge in [0, 0.05) is 21.9 Å². The lowest BCUT2D eigenvalue weighted by molar-refractivity contribution is 0.102. The highest BCUT2D eigenvalue weighted by Gasteiger charge is 2.13. The summed E-state index contributed by atoms with van der Waals surface area (Å²) in [6.45, 7) is 0.288. The SMILES string of the molecule is O=C(Nc1cccc(Cl)c1)c1cccn(Cc2ccccc2Cl)c1=O. The third-order valence-electron chi connectivity index (χ3n) is 3.65. The molecule has 0 radical (unpaired) electrons. The van der Waals surface area contributed by atoms with E-state index in [2.05, 4.69) is 5.32 Å². The van der Waals surface area contributed by atoms with Gasteiger partial charge in [0.15, 0.2) is 0 Å².